The molecule has 0 radical (unpaired) electrons. The minimum absolute atomic E-state index is 0.0281. The molecule has 0 aliphatic carbocycles. The molecule has 6 rings (SSSR count). The van der Waals surface area contributed by atoms with E-state index in [-0.39, 0.29) is 61.5 Å². The number of para-hydroxylation sites is 1. The number of carbonyl (C=O) groups excluding carboxylic acids is 4. The van der Waals surface area contributed by atoms with Crippen molar-refractivity contribution in [1.29, 1.82) is 0 Å². The van der Waals surface area contributed by atoms with Gasteiger partial charge in [0.25, 0.3) is 5.91 Å². The van der Waals surface area contributed by atoms with Crippen LogP contribution in [0.3, 0.4) is 0 Å². The van der Waals surface area contributed by atoms with E-state index in [2.05, 4.69) is 22.2 Å². The van der Waals surface area contributed by atoms with Crippen LogP contribution in [0.25, 0.3) is 0 Å². The van der Waals surface area contributed by atoms with Gasteiger partial charge in [-0.3, -0.25) is 9.69 Å². The van der Waals surface area contributed by atoms with Crippen LogP contribution >= 0.6 is 11.6 Å². The number of hydrogen-bond donors (Lipinski definition) is 2. The number of hydrogen-bond acceptors (Lipinski definition) is 10. The van der Waals surface area contributed by atoms with Crippen molar-refractivity contribution in [2.75, 3.05) is 97.7 Å². The number of fused-ring (bicyclic) bond motifs is 1. The van der Waals surface area contributed by atoms with Gasteiger partial charge in [-0.25, -0.2) is 14.4 Å². The van der Waals surface area contributed by atoms with E-state index in [0.717, 1.165) is 43.2 Å². The molecular weight excluding hydrogens is 781 g/mol. The fourth-order valence-corrected chi connectivity index (χ4v) is 8.53. The van der Waals surface area contributed by atoms with Crippen LogP contribution in [0.15, 0.2) is 36.4 Å². The first-order chi connectivity index (χ1) is 27.6. The summed E-state index contributed by atoms with van der Waals surface area (Å²) < 4.78 is 53.7. The molecule has 2 aromatic rings. The van der Waals surface area contributed by atoms with Gasteiger partial charge in [-0.05, 0) is 95.7 Å². The Kier molecular flexibility index (Phi) is 14.0. The van der Waals surface area contributed by atoms with Gasteiger partial charge in [-0.2, -0.15) is 13.2 Å². The van der Waals surface area contributed by atoms with Gasteiger partial charge in [0, 0.05) is 70.0 Å². The molecule has 0 bridgehead atoms. The number of carbonyl (C=O) groups is 4. The number of nitrogens with one attached hydrogen (secondary N) is 1. The summed E-state index contributed by atoms with van der Waals surface area (Å²) in [6, 6.07) is 8.41. The first kappa shape index (κ1) is 43.3. The molecule has 18 heteroatoms. The van der Waals surface area contributed by atoms with Gasteiger partial charge in [-0.15, -0.1) is 0 Å². The summed E-state index contributed by atoms with van der Waals surface area (Å²) in [5.74, 6) is -1.35. The van der Waals surface area contributed by atoms with E-state index in [1.165, 1.54) is 15.9 Å². The first-order valence-corrected chi connectivity index (χ1v) is 20.3. The Bertz CT molecular complexity index is 1800. The third-order valence-electron chi connectivity index (χ3n) is 11.7. The summed E-state index contributed by atoms with van der Waals surface area (Å²) in [7, 11) is 5.73. The maximum atomic E-state index is 14.7. The predicted octanol–water partition coefficient (Wildman–Crippen LogP) is 4.26. The molecule has 3 fully saturated rings. The molecule has 58 heavy (non-hydrogen) atoms. The van der Waals surface area contributed by atoms with Gasteiger partial charge in [0.2, 0.25) is 0 Å². The van der Waals surface area contributed by atoms with E-state index in [4.69, 9.17) is 26.8 Å². The van der Waals surface area contributed by atoms with Gasteiger partial charge in [0.1, 0.15) is 12.6 Å². The van der Waals surface area contributed by atoms with E-state index in [1.54, 1.807) is 4.90 Å². The quantitative estimate of drug-likeness (QED) is 0.264. The minimum atomic E-state index is -4.84. The Labute approximate surface area is 342 Å². The second-order valence-electron chi connectivity index (χ2n) is 15.9. The number of ether oxygens (including phenoxy) is 2. The molecule has 4 heterocycles. The number of rotatable bonds is 10. The molecule has 318 valence electrons. The average molecular weight is 835 g/mol. The first-order valence-electron chi connectivity index (χ1n) is 19.9. The fourth-order valence-electron chi connectivity index (χ4n) is 8.29. The summed E-state index contributed by atoms with van der Waals surface area (Å²) in [5, 5.41) is 2.62. The SMILES string of the molecule is CN(C)CCOC(=O)[C@@H]1CN(C2CCN(C)CC2)CCN1C(=O)[C@@H](Cc1cc(Cl)c(N)c(C(F)(F)F)c1)OC(=O)N1CCC(N2CCc3ccccc3NC2=O)CC1. The molecule has 4 aliphatic rings. The zero-order chi connectivity index (χ0) is 41.7. The average Bonchev–Trinajstić information content (AvgIpc) is 3.36. The molecule has 2 aromatic carbocycles. The number of esters is 1. The summed E-state index contributed by atoms with van der Waals surface area (Å²) in [6.45, 7) is 3.99. The van der Waals surface area contributed by atoms with Crippen molar-refractivity contribution in [2.45, 2.75) is 68.9 Å². The van der Waals surface area contributed by atoms with Crippen LogP contribution in [0.4, 0.5) is 34.1 Å². The van der Waals surface area contributed by atoms with Crippen molar-refractivity contribution >= 4 is 47.0 Å². The number of nitrogen functional groups attached to an aromatic ring is 1. The highest BCUT2D eigenvalue weighted by atomic mass is 35.5. The van der Waals surface area contributed by atoms with E-state index < -0.39 is 54.0 Å². The molecule has 0 aromatic heterocycles. The Morgan fingerprint density at radius 2 is 1.67 bits per heavy atom. The maximum Gasteiger partial charge on any atom is 0.418 e. The van der Waals surface area contributed by atoms with E-state index >= 15 is 0 Å². The molecule has 0 spiro atoms. The number of alkyl halides is 3. The highest BCUT2D eigenvalue weighted by Gasteiger charge is 2.43. The van der Waals surface area contributed by atoms with Crippen molar-refractivity contribution in [3.63, 3.8) is 0 Å². The van der Waals surface area contributed by atoms with Crippen molar-refractivity contribution in [3.05, 3.63) is 58.1 Å². The number of piperidine rings is 2. The number of urea groups is 1. The molecule has 0 saturated carbocycles. The van der Waals surface area contributed by atoms with Crippen LogP contribution in [0.1, 0.15) is 42.4 Å². The molecule has 3 N–H and O–H groups in total. The van der Waals surface area contributed by atoms with Crippen LogP contribution in [0.5, 0.6) is 0 Å². The van der Waals surface area contributed by atoms with Crippen LogP contribution < -0.4 is 11.1 Å². The van der Waals surface area contributed by atoms with Gasteiger partial charge in [0.05, 0.1) is 16.3 Å². The largest absolute Gasteiger partial charge is 0.463 e. The molecular formula is C40H54ClF3N8O6. The van der Waals surface area contributed by atoms with E-state index in [0.29, 0.717) is 38.9 Å². The third-order valence-corrected chi connectivity index (χ3v) is 12.0. The van der Waals surface area contributed by atoms with Gasteiger partial charge in [0.15, 0.2) is 6.10 Å². The van der Waals surface area contributed by atoms with Crippen molar-refractivity contribution < 1.29 is 41.8 Å². The normalized spacial score (nSPS) is 21.0. The van der Waals surface area contributed by atoms with Gasteiger partial charge in [-0.1, -0.05) is 29.8 Å². The highest BCUT2D eigenvalue weighted by molar-refractivity contribution is 6.33. The zero-order valence-electron chi connectivity index (χ0n) is 33.3. The Morgan fingerprint density at radius 3 is 2.36 bits per heavy atom. The summed E-state index contributed by atoms with van der Waals surface area (Å²) >= 11 is 6.18. The van der Waals surface area contributed by atoms with Crippen molar-refractivity contribution in [2.24, 2.45) is 0 Å². The lowest BCUT2D eigenvalue weighted by atomic mass is 9.99. The van der Waals surface area contributed by atoms with E-state index in [9.17, 15) is 32.3 Å². The zero-order valence-corrected chi connectivity index (χ0v) is 34.1. The summed E-state index contributed by atoms with van der Waals surface area (Å²) in [4.78, 5) is 66.3. The van der Waals surface area contributed by atoms with Crippen molar-refractivity contribution in [1.82, 2.24) is 29.4 Å². The summed E-state index contributed by atoms with van der Waals surface area (Å²) in [6.07, 6.45) is -4.43. The second-order valence-corrected chi connectivity index (χ2v) is 16.3. The summed E-state index contributed by atoms with van der Waals surface area (Å²) in [5.41, 5.74) is 5.65. The Balaban J connectivity index is 1.21. The number of likely N-dealkylation sites (tertiary alicyclic amines) is 2. The highest BCUT2D eigenvalue weighted by Crippen LogP contribution is 2.38. The number of benzene rings is 2. The standard InChI is InChI=1S/C40H54ClF3N8O6/c1-47(2)20-21-57-37(54)33-25-50(28-9-13-48(3)14-10-28)18-19-52(33)36(53)34(24-26-22-30(40(42,43)44)35(45)31(41)23-26)58-39(56)49-15-11-29(12-16-49)51-17-8-27-6-4-5-7-32(27)46-38(51)55/h4-7,22-23,28-29,33-34H,8-21,24-25,45H2,1-3H3,(H,46,55)/t33-,34+/m0/s1. The number of anilines is 2. The lowest BCUT2D eigenvalue weighted by molar-refractivity contribution is -0.163. The Morgan fingerprint density at radius 1 is 0.983 bits per heavy atom. The van der Waals surface area contributed by atoms with Crippen molar-refractivity contribution in [3.8, 4) is 0 Å². The van der Waals surface area contributed by atoms with Gasteiger partial charge >= 0.3 is 24.3 Å². The number of nitrogens with zero attached hydrogens (tertiary/aromatic N) is 6. The topological polar surface area (TPSA) is 144 Å². The molecule has 3 saturated heterocycles. The number of nitrogens with two attached hydrogens (primary N) is 1. The smallest absolute Gasteiger partial charge is 0.418 e. The van der Waals surface area contributed by atoms with Gasteiger partial charge < -0.3 is 45.0 Å². The van der Waals surface area contributed by atoms with Crippen LogP contribution in [0, 0.1) is 0 Å². The van der Waals surface area contributed by atoms with Crippen LogP contribution in [0.2, 0.25) is 5.02 Å². The minimum Gasteiger partial charge on any atom is -0.463 e. The number of likely N-dealkylation sites (N-methyl/N-ethyl adjacent to an activating group) is 1. The molecule has 4 aliphatic heterocycles. The van der Waals surface area contributed by atoms with E-state index in [1.807, 2.05) is 43.3 Å². The Hall–Kier alpha value is -4.32. The molecule has 0 unspecified atom stereocenters. The fraction of sp³-hybridized carbons (Fsp3) is 0.600. The number of amides is 4. The van der Waals surface area contributed by atoms with Crippen LogP contribution in [-0.2, 0) is 38.1 Å². The number of halogens is 4. The molecule has 14 nitrogen and oxygen atoms in total. The number of piperazine rings is 1. The molecule has 4 amide bonds. The molecule has 2 atom stereocenters. The predicted molar refractivity (Wildman–Crippen MR) is 212 cm³/mol. The maximum absolute atomic E-state index is 14.7. The lowest BCUT2D eigenvalue weighted by Crippen LogP contribution is -2.63. The second kappa shape index (κ2) is 18.7. The third kappa shape index (κ3) is 10.5. The monoisotopic (exact) mass is 834 g/mol. The lowest BCUT2D eigenvalue weighted by Gasteiger charge is -2.45. The van der Waals surface area contributed by atoms with Crippen LogP contribution in [-0.4, -0.2) is 164 Å².